The summed E-state index contributed by atoms with van der Waals surface area (Å²) < 4.78 is 0. The van der Waals surface area contributed by atoms with E-state index < -0.39 is 0 Å². The van der Waals surface area contributed by atoms with Gasteiger partial charge in [-0.15, -0.1) is 0 Å². The maximum Gasteiger partial charge on any atom is 0.0541 e. The van der Waals surface area contributed by atoms with Crippen LogP contribution in [0.2, 0.25) is 0 Å². The minimum absolute atomic E-state index is 1.08. The molecule has 8 rings (SSSR count). The van der Waals surface area contributed by atoms with E-state index in [4.69, 9.17) is 0 Å². The molecule has 0 fully saturated rings. The van der Waals surface area contributed by atoms with Crippen LogP contribution in [-0.2, 0) is 0 Å². The summed E-state index contributed by atoms with van der Waals surface area (Å²) in [5.41, 5.74) is 13.4. The van der Waals surface area contributed by atoms with Crippen LogP contribution < -0.4 is 14.7 Å². The molecule has 8 aromatic carbocycles. The van der Waals surface area contributed by atoms with Gasteiger partial charge in [0, 0.05) is 51.1 Å². The highest BCUT2D eigenvalue weighted by atomic mass is 15.2. The van der Waals surface area contributed by atoms with Crippen LogP contribution in [0.15, 0.2) is 218 Å². The molecular weight excluding hydrogens is 631 g/mol. The first-order valence-corrected chi connectivity index (χ1v) is 17.7. The van der Waals surface area contributed by atoms with Crippen LogP contribution >= 0.6 is 0 Å². The smallest absolute Gasteiger partial charge is 0.0541 e. The van der Waals surface area contributed by atoms with Crippen molar-refractivity contribution in [1.82, 2.24) is 0 Å². The lowest BCUT2D eigenvalue weighted by molar-refractivity contribution is 1.24. The zero-order valence-electron chi connectivity index (χ0n) is 29.1. The fourth-order valence-electron chi connectivity index (χ4n) is 6.88. The fourth-order valence-corrected chi connectivity index (χ4v) is 6.88. The number of aryl methyl sites for hydroxylation is 1. The molecule has 52 heavy (non-hydrogen) atoms. The normalized spacial score (nSPS) is 10.8. The van der Waals surface area contributed by atoms with Crippen LogP contribution in [0.4, 0.5) is 51.2 Å². The second-order valence-electron chi connectivity index (χ2n) is 12.7. The van der Waals surface area contributed by atoms with E-state index >= 15 is 0 Å². The molecule has 0 atom stereocenters. The Bertz CT molecular complexity index is 2260. The second-order valence-corrected chi connectivity index (χ2v) is 12.7. The molecule has 0 bridgehead atoms. The number of para-hydroxylation sites is 6. The van der Waals surface area contributed by atoms with Gasteiger partial charge in [-0.2, -0.15) is 0 Å². The molecular formula is C49H39N3. The molecule has 0 aromatic heterocycles. The van der Waals surface area contributed by atoms with Crippen molar-refractivity contribution in [1.29, 1.82) is 0 Å². The maximum absolute atomic E-state index is 2.39. The highest BCUT2D eigenvalue weighted by molar-refractivity contribution is 5.93. The van der Waals surface area contributed by atoms with Crippen molar-refractivity contribution in [3.63, 3.8) is 0 Å². The Morgan fingerprint density at radius 2 is 0.615 bits per heavy atom. The molecule has 0 aliphatic carbocycles. The average molecular weight is 670 g/mol. The first-order valence-electron chi connectivity index (χ1n) is 17.7. The lowest BCUT2D eigenvalue weighted by Crippen LogP contribution is -2.14. The monoisotopic (exact) mass is 669 g/mol. The van der Waals surface area contributed by atoms with Crippen LogP contribution in [0.5, 0.6) is 0 Å². The Morgan fingerprint density at radius 3 is 1.06 bits per heavy atom. The van der Waals surface area contributed by atoms with Gasteiger partial charge in [-0.05, 0) is 115 Å². The summed E-state index contributed by atoms with van der Waals surface area (Å²) in [4.78, 5) is 7.02. The Kier molecular flexibility index (Phi) is 9.31. The van der Waals surface area contributed by atoms with E-state index in [0.29, 0.717) is 0 Å². The van der Waals surface area contributed by atoms with E-state index in [1.165, 1.54) is 5.56 Å². The number of benzene rings is 8. The van der Waals surface area contributed by atoms with Crippen molar-refractivity contribution in [3.8, 4) is 11.1 Å². The Hall–Kier alpha value is -6.84. The molecule has 0 unspecified atom stereocenters. The zero-order valence-corrected chi connectivity index (χ0v) is 29.1. The van der Waals surface area contributed by atoms with E-state index in [9.17, 15) is 0 Å². The van der Waals surface area contributed by atoms with Crippen molar-refractivity contribution in [2.75, 3.05) is 14.7 Å². The summed E-state index contributed by atoms with van der Waals surface area (Å²) in [6.07, 6.45) is 0. The quantitative estimate of drug-likeness (QED) is 0.143. The first kappa shape index (κ1) is 32.4. The molecule has 0 aliphatic heterocycles. The lowest BCUT2D eigenvalue weighted by atomic mass is 9.99. The highest BCUT2D eigenvalue weighted by Crippen LogP contribution is 2.46. The van der Waals surface area contributed by atoms with E-state index in [0.717, 1.165) is 62.3 Å². The zero-order chi connectivity index (χ0) is 35.1. The second kappa shape index (κ2) is 15.0. The topological polar surface area (TPSA) is 9.72 Å². The van der Waals surface area contributed by atoms with Crippen molar-refractivity contribution >= 4 is 51.2 Å². The minimum atomic E-state index is 1.08. The number of anilines is 9. The van der Waals surface area contributed by atoms with Gasteiger partial charge in [0.1, 0.15) is 0 Å². The highest BCUT2D eigenvalue weighted by Gasteiger charge is 2.22. The molecule has 0 saturated carbocycles. The molecule has 0 saturated heterocycles. The molecule has 0 aliphatic rings. The maximum atomic E-state index is 2.39. The van der Waals surface area contributed by atoms with E-state index in [2.05, 4.69) is 240 Å². The molecule has 0 heterocycles. The van der Waals surface area contributed by atoms with Gasteiger partial charge in [-0.3, -0.25) is 0 Å². The molecule has 3 nitrogen and oxygen atoms in total. The Labute approximate surface area is 306 Å². The van der Waals surface area contributed by atoms with Gasteiger partial charge in [-0.1, -0.05) is 121 Å². The third-order valence-corrected chi connectivity index (χ3v) is 9.34. The predicted octanol–water partition coefficient (Wildman–Crippen LogP) is 14.1. The number of nitrogens with zero attached hydrogens (tertiary/aromatic N) is 3. The van der Waals surface area contributed by atoms with E-state index in [1.807, 2.05) is 0 Å². The summed E-state index contributed by atoms with van der Waals surface area (Å²) >= 11 is 0. The Balaban J connectivity index is 1.33. The minimum Gasteiger partial charge on any atom is -0.311 e. The third kappa shape index (κ3) is 6.68. The van der Waals surface area contributed by atoms with Crippen LogP contribution in [0.25, 0.3) is 11.1 Å². The predicted molar refractivity (Wildman–Crippen MR) is 221 cm³/mol. The van der Waals surface area contributed by atoms with Gasteiger partial charge in [-0.25, -0.2) is 0 Å². The van der Waals surface area contributed by atoms with Crippen molar-refractivity contribution in [3.05, 3.63) is 224 Å². The van der Waals surface area contributed by atoms with Crippen LogP contribution in [0.1, 0.15) is 5.56 Å². The van der Waals surface area contributed by atoms with Gasteiger partial charge in [0.25, 0.3) is 0 Å². The third-order valence-electron chi connectivity index (χ3n) is 9.34. The molecule has 250 valence electrons. The van der Waals surface area contributed by atoms with Gasteiger partial charge >= 0.3 is 0 Å². The van der Waals surface area contributed by atoms with E-state index in [-0.39, 0.29) is 0 Å². The molecule has 0 radical (unpaired) electrons. The van der Waals surface area contributed by atoms with Crippen LogP contribution in [0, 0.1) is 6.92 Å². The standard InChI is InChI=1S/C49H39N3/c1-38-19-17-18-30-48(38)52(44-28-15-6-16-29-44)49-36-35-46(51(42-24-11-4-12-25-42)43-26-13-5-14-27-43)37-47(49)39-31-33-45(34-32-39)50(40-20-7-2-8-21-40)41-22-9-3-10-23-41/h2-37H,1H3. The largest absolute Gasteiger partial charge is 0.311 e. The van der Waals surface area contributed by atoms with Gasteiger partial charge in [0.05, 0.1) is 5.69 Å². The van der Waals surface area contributed by atoms with E-state index in [1.54, 1.807) is 0 Å². The summed E-state index contributed by atoms with van der Waals surface area (Å²) in [6.45, 7) is 2.18. The lowest BCUT2D eigenvalue weighted by Gasteiger charge is -2.31. The number of hydrogen-bond donors (Lipinski definition) is 0. The van der Waals surface area contributed by atoms with Crippen LogP contribution in [0.3, 0.4) is 0 Å². The molecule has 8 aromatic rings. The van der Waals surface area contributed by atoms with Crippen molar-refractivity contribution in [2.45, 2.75) is 6.92 Å². The summed E-state index contributed by atoms with van der Waals surface area (Å²) in [5, 5.41) is 0. The first-order chi connectivity index (χ1) is 25.7. The van der Waals surface area contributed by atoms with Gasteiger partial charge in [0.2, 0.25) is 0 Å². The fraction of sp³-hybridized carbons (Fsp3) is 0.0204. The van der Waals surface area contributed by atoms with Gasteiger partial charge in [0.15, 0.2) is 0 Å². The summed E-state index contributed by atoms with van der Waals surface area (Å²) in [5.74, 6) is 0. The molecule has 3 heteroatoms. The molecule has 0 amide bonds. The average Bonchev–Trinajstić information content (AvgIpc) is 3.22. The SMILES string of the molecule is Cc1ccccc1N(c1ccccc1)c1ccc(N(c2ccccc2)c2ccccc2)cc1-c1ccc(N(c2ccccc2)c2ccccc2)cc1. The number of rotatable bonds is 10. The van der Waals surface area contributed by atoms with Crippen LogP contribution in [-0.4, -0.2) is 0 Å². The summed E-state index contributed by atoms with van der Waals surface area (Å²) in [6, 6.07) is 77.4. The van der Waals surface area contributed by atoms with Gasteiger partial charge < -0.3 is 14.7 Å². The number of hydrogen-bond acceptors (Lipinski definition) is 3. The summed E-state index contributed by atoms with van der Waals surface area (Å²) in [7, 11) is 0. The van der Waals surface area contributed by atoms with Crippen molar-refractivity contribution in [2.24, 2.45) is 0 Å². The Morgan fingerprint density at radius 1 is 0.269 bits per heavy atom. The van der Waals surface area contributed by atoms with Crippen molar-refractivity contribution < 1.29 is 0 Å². The molecule has 0 spiro atoms. The molecule has 0 N–H and O–H groups in total.